The van der Waals surface area contributed by atoms with Crippen LogP contribution in [0.5, 0.6) is 5.75 Å². The maximum atomic E-state index is 13.1. The molecule has 230 valence electrons. The number of carbonyl (C=O) groups excluding carboxylic acids is 2. The van der Waals surface area contributed by atoms with Crippen LogP contribution in [0.2, 0.25) is 0 Å². The number of phenolic OH excluding ortho intramolecular Hbond substituents is 1. The average Bonchev–Trinajstić information content (AvgIpc) is 2.87. The van der Waals surface area contributed by atoms with Crippen LogP contribution in [0.3, 0.4) is 0 Å². The summed E-state index contributed by atoms with van der Waals surface area (Å²) in [6.45, 7) is 12.2. The van der Waals surface area contributed by atoms with Gasteiger partial charge >= 0.3 is 12.3 Å². The maximum Gasteiger partial charge on any atom is 0.416 e. The molecule has 1 aromatic heterocycles. The van der Waals surface area contributed by atoms with Gasteiger partial charge in [0, 0.05) is 43.8 Å². The average molecular weight is 593 g/mol. The Labute approximate surface area is 243 Å². The first-order valence-electron chi connectivity index (χ1n) is 14.1. The van der Waals surface area contributed by atoms with Gasteiger partial charge in [0.2, 0.25) is 5.91 Å². The third-order valence-electron chi connectivity index (χ3n) is 7.39. The highest BCUT2D eigenvalue weighted by Crippen LogP contribution is 2.37. The van der Waals surface area contributed by atoms with Crippen molar-refractivity contribution in [2.45, 2.75) is 71.3 Å². The summed E-state index contributed by atoms with van der Waals surface area (Å²) in [4.78, 5) is 31.2. The predicted molar refractivity (Wildman–Crippen MR) is 151 cm³/mol. The van der Waals surface area contributed by atoms with Crippen molar-refractivity contribution >= 4 is 17.8 Å². The largest absolute Gasteiger partial charge is 0.507 e. The molecular formula is C29H39F3N6O4. The van der Waals surface area contributed by atoms with Crippen LogP contribution < -0.4 is 5.32 Å². The zero-order valence-electron chi connectivity index (χ0n) is 24.7. The molecule has 2 N–H and O–H groups in total. The molecule has 2 saturated heterocycles. The molecule has 0 spiro atoms. The lowest BCUT2D eigenvalue weighted by Crippen LogP contribution is -2.58. The molecule has 2 aliphatic rings. The van der Waals surface area contributed by atoms with E-state index in [1.165, 1.54) is 6.07 Å². The van der Waals surface area contributed by atoms with E-state index in [4.69, 9.17) is 4.74 Å². The summed E-state index contributed by atoms with van der Waals surface area (Å²) in [6, 6.07) is 4.39. The summed E-state index contributed by atoms with van der Waals surface area (Å²) in [7, 11) is 0. The Morgan fingerprint density at radius 3 is 2.45 bits per heavy atom. The quantitative estimate of drug-likeness (QED) is 0.522. The number of hydrogen-bond donors (Lipinski definition) is 2. The molecular weight excluding hydrogens is 553 g/mol. The van der Waals surface area contributed by atoms with Crippen LogP contribution in [0.15, 0.2) is 24.3 Å². The van der Waals surface area contributed by atoms with Gasteiger partial charge in [-0.05, 0) is 83.8 Å². The van der Waals surface area contributed by atoms with Crippen LogP contribution in [0.25, 0.3) is 11.3 Å². The molecule has 3 heterocycles. The van der Waals surface area contributed by atoms with Gasteiger partial charge in [0.15, 0.2) is 0 Å². The number of halogens is 3. The number of phenols is 1. The second-order valence-electron chi connectivity index (χ2n) is 12.1. The van der Waals surface area contributed by atoms with Gasteiger partial charge in [-0.3, -0.25) is 9.69 Å². The second-order valence-corrected chi connectivity index (χ2v) is 12.1. The third kappa shape index (κ3) is 7.81. The number of piperidine rings is 1. The third-order valence-corrected chi connectivity index (χ3v) is 7.39. The standard InChI is InChI=1S/C29H39F3N6O4/c1-18-13-24(34-35-26(18)22-9-8-20(14-23(22)39)29(30,31)32)33-21-7-6-10-36(16-21)17-25(40)37-11-12-38(19(2)15-37)27(41)42-28(3,4)5/h8-9,13-14,19,21,39H,6-7,10-12,15-17H2,1-5H3,(H,33,34)/t19-,21-/m1/s1. The van der Waals surface area contributed by atoms with Crippen molar-refractivity contribution in [2.24, 2.45) is 0 Å². The fourth-order valence-electron chi connectivity index (χ4n) is 5.32. The van der Waals surface area contributed by atoms with Crippen molar-refractivity contribution in [2.75, 3.05) is 44.6 Å². The van der Waals surface area contributed by atoms with E-state index in [1.807, 2.05) is 27.7 Å². The first-order chi connectivity index (χ1) is 19.6. The molecule has 0 aliphatic carbocycles. The van der Waals surface area contributed by atoms with E-state index in [0.717, 1.165) is 25.5 Å². The minimum absolute atomic E-state index is 0.0164. The molecule has 0 radical (unpaired) electrons. The number of nitrogens with zero attached hydrogens (tertiary/aromatic N) is 5. The number of anilines is 1. The molecule has 2 aliphatic heterocycles. The minimum Gasteiger partial charge on any atom is -0.507 e. The molecule has 2 amide bonds. The van der Waals surface area contributed by atoms with Crippen LogP contribution in [0.1, 0.15) is 51.7 Å². The van der Waals surface area contributed by atoms with E-state index in [2.05, 4.69) is 20.4 Å². The highest BCUT2D eigenvalue weighted by Gasteiger charge is 2.34. The van der Waals surface area contributed by atoms with Crippen LogP contribution >= 0.6 is 0 Å². The zero-order valence-corrected chi connectivity index (χ0v) is 24.7. The van der Waals surface area contributed by atoms with Gasteiger partial charge in [0.25, 0.3) is 0 Å². The number of rotatable bonds is 5. The van der Waals surface area contributed by atoms with Gasteiger partial charge in [-0.2, -0.15) is 13.2 Å². The molecule has 2 aromatic rings. The summed E-state index contributed by atoms with van der Waals surface area (Å²) in [6.07, 6.45) is -3.16. The second kappa shape index (κ2) is 12.3. The number of carbonyl (C=O) groups is 2. The lowest BCUT2D eigenvalue weighted by molar-refractivity contribution is -0.137. The number of ether oxygens (including phenoxy) is 1. The van der Waals surface area contributed by atoms with Crippen molar-refractivity contribution in [3.05, 3.63) is 35.4 Å². The van der Waals surface area contributed by atoms with Crippen molar-refractivity contribution in [3.63, 3.8) is 0 Å². The summed E-state index contributed by atoms with van der Waals surface area (Å²) < 4.78 is 44.4. The highest BCUT2D eigenvalue weighted by atomic mass is 19.4. The molecule has 0 bridgehead atoms. The number of aromatic hydroxyl groups is 1. The number of nitrogens with one attached hydrogen (secondary N) is 1. The predicted octanol–water partition coefficient (Wildman–Crippen LogP) is 4.52. The monoisotopic (exact) mass is 592 g/mol. The van der Waals surface area contributed by atoms with Crippen molar-refractivity contribution in [1.82, 2.24) is 24.9 Å². The van der Waals surface area contributed by atoms with Crippen LogP contribution in [0.4, 0.5) is 23.8 Å². The Kier molecular flexibility index (Phi) is 9.19. The molecule has 0 saturated carbocycles. The van der Waals surface area contributed by atoms with Gasteiger partial charge < -0.3 is 25.0 Å². The van der Waals surface area contributed by atoms with Gasteiger partial charge in [0.05, 0.1) is 17.8 Å². The number of alkyl halides is 3. The van der Waals surface area contributed by atoms with E-state index in [1.54, 1.807) is 22.8 Å². The Morgan fingerprint density at radius 2 is 1.83 bits per heavy atom. The smallest absolute Gasteiger partial charge is 0.416 e. The summed E-state index contributed by atoms with van der Waals surface area (Å²) in [5.41, 5.74) is -0.411. The summed E-state index contributed by atoms with van der Waals surface area (Å²) >= 11 is 0. The molecule has 10 nitrogen and oxygen atoms in total. The lowest BCUT2D eigenvalue weighted by atomic mass is 10.0. The Morgan fingerprint density at radius 1 is 1.10 bits per heavy atom. The van der Waals surface area contributed by atoms with Gasteiger partial charge in [-0.25, -0.2) is 4.79 Å². The number of benzene rings is 1. The van der Waals surface area contributed by atoms with Gasteiger partial charge in [0.1, 0.15) is 17.2 Å². The lowest BCUT2D eigenvalue weighted by Gasteiger charge is -2.41. The molecule has 42 heavy (non-hydrogen) atoms. The number of aryl methyl sites for hydroxylation is 1. The number of hydrogen-bond acceptors (Lipinski definition) is 8. The topological polar surface area (TPSA) is 111 Å². The van der Waals surface area contributed by atoms with E-state index in [-0.39, 0.29) is 36.2 Å². The normalized spacial score (nSPS) is 20.4. The summed E-state index contributed by atoms with van der Waals surface area (Å²) in [5.74, 6) is 0.00626. The molecule has 0 unspecified atom stereocenters. The van der Waals surface area contributed by atoms with E-state index in [9.17, 15) is 27.9 Å². The SMILES string of the molecule is Cc1cc(N[C@@H]2CCCN(CC(=O)N3CCN(C(=O)OC(C)(C)C)[C@H](C)C3)C2)nnc1-c1ccc(C(F)(F)F)cc1O. The first-order valence-corrected chi connectivity index (χ1v) is 14.1. The molecule has 1 aromatic carbocycles. The highest BCUT2D eigenvalue weighted by molar-refractivity contribution is 5.79. The van der Waals surface area contributed by atoms with Crippen LogP contribution in [-0.4, -0.2) is 99.0 Å². The minimum atomic E-state index is -4.56. The Balaban J connectivity index is 1.32. The Bertz CT molecular complexity index is 1300. The number of likely N-dealkylation sites (tertiary alicyclic amines) is 1. The van der Waals surface area contributed by atoms with Crippen molar-refractivity contribution in [1.29, 1.82) is 0 Å². The molecule has 4 rings (SSSR count). The fourth-order valence-corrected chi connectivity index (χ4v) is 5.32. The van der Waals surface area contributed by atoms with E-state index in [0.29, 0.717) is 49.3 Å². The molecule has 13 heteroatoms. The number of amides is 2. The molecule has 2 fully saturated rings. The maximum absolute atomic E-state index is 13.1. The van der Waals surface area contributed by atoms with Crippen molar-refractivity contribution < 1.29 is 32.6 Å². The Hall–Kier alpha value is -3.61. The van der Waals surface area contributed by atoms with Gasteiger partial charge in [-0.15, -0.1) is 10.2 Å². The number of aromatic nitrogens is 2. The zero-order chi connectivity index (χ0) is 30.8. The van der Waals surface area contributed by atoms with Crippen LogP contribution in [-0.2, 0) is 15.7 Å². The number of piperazine rings is 1. The molecule has 2 atom stereocenters. The van der Waals surface area contributed by atoms with Crippen LogP contribution in [0, 0.1) is 6.92 Å². The summed E-state index contributed by atoms with van der Waals surface area (Å²) in [5, 5.41) is 21.9. The fraction of sp³-hybridized carbons (Fsp3) is 0.586. The first kappa shape index (κ1) is 31.3. The van der Waals surface area contributed by atoms with E-state index >= 15 is 0 Å². The van der Waals surface area contributed by atoms with E-state index < -0.39 is 23.1 Å². The van der Waals surface area contributed by atoms with Crippen molar-refractivity contribution in [3.8, 4) is 17.0 Å². The van der Waals surface area contributed by atoms with Gasteiger partial charge in [-0.1, -0.05) is 0 Å².